The first-order valence-electron chi connectivity index (χ1n) is 33.6. The maximum atomic E-state index is 14.8. The number of benzene rings is 8. The molecule has 0 radical (unpaired) electrons. The number of hydrogen-bond donors (Lipinski definition) is 6. The van der Waals surface area contributed by atoms with E-state index in [1.54, 1.807) is 113 Å². The molecule has 0 saturated carbocycles. The molecule has 0 aliphatic heterocycles. The van der Waals surface area contributed by atoms with Gasteiger partial charge in [0.05, 0.1) is 132 Å². The maximum Gasteiger partial charge on any atom is 0.255 e. The van der Waals surface area contributed by atoms with Crippen LogP contribution in [0, 0.1) is 0 Å². The molecule has 0 heterocycles. The molecule has 6 amide bonds. The summed E-state index contributed by atoms with van der Waals surface area (Å²) in [5.74, 6) is -3.47. The van der Waals surface area contributed by atoms with Gasteiger partial charge in [0, 0.05) is 122 Å². The summed E-state index contributed by atoms with van der Waals surface area (Å²) in [5.41, 5.74) is 15.0. The van der Waals surface area contributed by atoms with Gasteiger partial charge in [-0.3, -0.25) is 28.8 Å². The summed E-state index contributed by atoms with van der Waals surface area (Å²) >= 11 is 0. The molecular weight excluding hydrogens is 1310 g/mol. The minimum Gasteiger partial charge on any atom is -0.399 e. The standard InChI is InChI=1S/C76H92N8O18/c1-91-25-29-99-37-33-95-21-17-83(18-22-96-34-38-100-30-26-92-2)75(89)63-43-59(71(85)79-67-13-7-53-5-11-65(77)47-56(53)49-67)41-61(45-63)73(87)81-69-15-9-55-10-16-70(52-58(55)51-69)82-74(88)62-42-60(72(86)80-68-14-8-54-6-12-66(78)48-57(54)50-68)44-64(46-62)76(90)84(19-23-97-35-39-101-31-27-93-3)20-24-98-36-40-102-32-28-94-4/h5-16,41-52H,17-40,77-78H2,1-4H3,(H,79,85)(H,80,86)(H,81,87)(H,82,88). The number of nitrogens with two attached hydrogens (primary N) is 2. The van der Waals surface area contributed by atoms with Gasteiger partial charge in [0.1, 0.15) is 0 Å². The summed E-state index contributed by atoms with van der Waals surface area (Å²) < 4.78 is 65.8. The monoisotopic (exact) mass is 1400 g/mol. The fourth-order valence-corrected chi connectivity index (χ4v) is 10.5. The highest BCUT2D eigenvalue weighted by Gasteiger charge is 2.24. The molecule has 0 spiro atoms. The third-order valence-corrected chi connectivity index (χ3v) is 15.8. The Morgan fingerprint density at radius 3 is 0.735 bits per heavy atom. The number of methoxy groups -OCH3 is 4. The average molecular weight is 1410 g/mol. The molecule has 544 valence electrons. The van der Waals surface area contributed by atoms with Crippen LogP contribution in [0.3, 0.4) is 0 Å². The van der Waals surface area contributed by atoms with E-state index in [0.717, 1.165) is 26.9 Å². The molecule has 0 fully saturated rings. The second kappa shape index (κ2) is 42.7. The first-order chi connectivity index (χ1) is 49.7. The molecule has 0 bridgehead atoms. The summed E-state index contributed by atoms with van der Waals surface area (Å²) in [6.07, 6.45) is 0. The van der Waals surface area contributed by atoms with E-state index in [1.807, 2.05) is 24.3 Å². The number of anilines is 6. The number of carbonyl (C=O) groups is 6. The zero-order valence-corrected chi connectivity index (χ0v) is 58.2. The lowest BCUT2D eigenvalue weighted by Gasteiger charge is -2.23. The summed E-state index contributed by atoms with van der Waals surface area (Å²) in [6.45, 7) is 6.66. The zero-order valence-electron chi connectivity index (χ0n) is 58.2. The molecule has 0 saturated heterocycles. The lowest BCUT2D eigenvalue weighted by molar-refractivity contribution is 0.00970. The Kier molecular flexibility index (Phi) is 32.7. The van der Waals surface area contributed by atoms with Crippen molar-refractivity contribution in [2.45, 2.75) is 0 Å². The second-order valence-corrected chi connectivity index (χ2v) is 23.3. The van der Waals surface area contributed by atoms with Crippen LogP contribution in [0.15, 0.2) is 146 Å². The molecule has 8 aromatic carbocycles. The van der Waals surface area contributed by atoms with E-state index < -0.39 is 35.4 Å². The Labute approximate surface area is 593 Å². The summed E-state index contributed by atoms with van der Waals surface area (Å²) in [4.78, 5) is 90.6. The van der Waals surface area contributed by atoms with Gasteiger partial charge in [0.25, 0.3) is 35.4 Å². The van der Waals surface area contributed by atoms with Crippen molar-refractivity contribution in [3.63, 3.8) is 0 Å². The lowest BCUT2D eigenvalue weighted by Crippen LogP contribution is -2.37. The van der Waals surface area contributed by atoms with E-state index in [4.69, 9.17) is 68.3 Å². The van der Waals surface area contributed by atoms with Crippen LogP contribution in [0.5, 0.6) is 0 Å². The van der Waals surface area contributed by atoms with Crippen molar-refractivity contribution in [1.29, 1.82) is 0 Å². The highest BCUT2D eigenvalue weighted by molar-refractivity contribution is 6.14. The molecule has 0 atom stereocenters. The minimum absolute atomic E-state index is 0.00713. The van der Waals surface area contributed by atoms with Crippen LogP contribution in [-0.4, -0.2) is 232 Å². The predicted molar refractivity (Wildman–Crippen MR) is 391 cm³/mol. The zero-order chi connectivity index (χ0) is 72.3. The van der Waals surface area contributed by atoms with Crippen molar-refractivity contribution in [2.75, 3.05) is 219 Å². The number of rotatable bonds is 46. The van der Waals surface area contributed by atoms with Crippen LogP contribution in [0.2, 0.25) is 0 Å². The van der Waals surface area contributed by atoms with Crippen LogP contribution in [0.1, 0.15) is 62.1 Å². The number of nitrogens with one attached hydrogen (secondary N) is 4. The smallest absolute Gasteiger partial charge is 0.255 e. The van der Waals surface area contributed by atoms with E-state index >= 15 is 0 Å². The molecule has 26 nitrogen and oxygen atoms in total. The molecular formula is C76H92N8O18. The molecule has 0 unspecified atom stereocenters. The Morgan fingerprint density at radius 2 is 0.480 bits per heavy atom. The van der Waals surface area contributed by atoms with Gasteiger partial charge >= 0.3 is 0 Å². The van der Waals surface area contributed by atoms with E-state index in [-0.39, 0.29) is 112 Å². The Hall–Kier alpha value is -9.52. The minimum atomic E-state index is -0.645. The normalized spacial score (nSPS) is 11.3. The predicted octanol–water partition coefficient (Wildman–Crippen LogP) is 8.92. The molecule has 0 aliphatic rings. The fourth-order valence-electron chi connectivity index (χ4n) is 10.5. The molecule has 102 heavy (non-hydrogen) atoms. The molecule has 8 aromatic rings. The Balaban J connectivity index is 1.05. The summed E-state index contributed by atoms with van der Waals surface area (Å²) in [6, 6.07) is 40.6. The van der Waals surface area contributed by atoms with Gasteiger partial charge in [-0.1, -0.05) is 36.4 Å². The Morgan fingerprint density at radius 1 is 0.265 bits per heavy atom. The fraction of sp³-hybridized carbons (Fsp3) is 0.368. The number of ether oxygens (including phenoxy) is 12. The lowest BCUT2D eigenvalue weighted by atomic mass is 10.0. The van der Waals surface area contributed by atoms with Gasteiger partial charge in [-0.15, -0.1) is 0 Å². The van der Waals surface area contributed by atoms with Gasteiger partial charge < -0.3 is 99.4 Å². The van der Waals surface area contributed by atoms with Crippen molar-refractivity contribution in [1.82, 2.24) is 9.80 Å². The topological polar surface area (TPSA) is 320 Å². The number of fused-ring (bicyclic) bond motifs is 3. The van der Waals surface area contributed by atoms with Crippen LogP contribution in [0.25, 0.3) is 32.3 Å². The van der Waals surface area contributed by atoms with Crippen LogP contribution in [0.4, 0.5) is 34.1 Å². The molecule has 0 aliphatic carbocycles. The molecule has 8 N–H and O–H groups in total. The Bertz CT molecular complexity index is 3750. The molecule has 0 aromatic heterocycles. The van der Waals surface area contributed by atoms with Crippen molar-refractivity contribution in [3.05, 3.63) is 179 Å². The molecule has 26 heteroatoms. The van der Waals surface area contributed by atoms with Gasteiger partial charge in [0.15, 0.2) is 0 Å². The van der Waals surface area contributed by atoms with Crippen molar-refractivity contribution >= 4 is 102 Å². The van der Waals surface area contributed by atoms with E-state index in [0.29, 0.717) is 119 Å². The first-order valence-corrected chi connectivity index (χ1v) is 33.6. The number of hydrogen-bond acceptors (Lipinski definition) is 20. The summed E-state index contributed by atoms with van der Waals surface area (Å²) in [5, 5.41) is 16.5. The van der Waals surface area contributed by atoms with Gasteiger partial charge in [-0.25, -0.2) is 0 Å². The average Bonchev–Trinajstić information content (AvgIpc) is 0.814. The van der Waals surface area contributed by atoms with Gasteiger partial charge in [0.2, 0.25) is 0 Å². The highest BCUT2D eigenvalue weighted by atomic mass is 16.6. The third kappa shape index (κ3) is 25.5. The van der Waals surface area contributed by atoms with Crippen LogP contribution in [-0.2, 0) is 56.8 Å². The number of nitrogens with zero attached hydrogens (tertiary/aromatic N) is 2. The van der Waals surface area contributed by atoms with Gasteiger partial charge in [-0.05, 0) is 142 Å². The van der Waals surface area contributed by atoms with E-state index in [1.165, 1.54) is 46.2 Å². The van der Waals surface area contributed by atoms with E-state index in [2.05, 4.69) is 21.3 Å². The SMILES string of the molecule is COCCOCCOCCN(CCOCCOCCOC)C(=O)c1cc(C(=O)Nc2ccc3ccc(N)cc3c2)cc(C(=O)Nc2ccc3ccc(NC(=O)c4cc(C(=O)Nc5ccc6ccc(N)cc6c5)cc(C(=O)N(CCOCCOCCOC)CCOCCOCCOC)c4)cc3c2)c1. The largest absolute Gasteiger partial charge is 0.399 e. The van der Waals surface area contributed by atoms with E-state index in [9.17, 15) is 28.8 Å². The highest BCUT2D eigenvalue weighted by Crippen LogP contribution is 2.28. The number of nitrogen functional groups attached to an aromatic ring is 2. The number of carbonyl (C=O) groups excluding carboxylic acids is 6. The molecule has 8 rings (SSSR count). The van der Waals surface area contributed by atoms with Crippen LogP contribution < -0.4 is 32.7 Å². The van der Waals surface area contributed by atoms with Crippen molar-refractivity contribution in [2.24, 2.45) is 0 Å². The maximum absolute atomic E-state index is 14.8. The van der Waals surface area contributed by atoms with Gasteiger partial charge in [-0.2, -0.15) is 0 Å². The first kappa shape index (κ1) is 78.2. The third-order valence-electron chi connectivity index (χ3n) is 15.8. The quantitative estimate of drug-likeness (QED) is 0.0153. The number of amides is 6. The van der Waals surface area contributed by atoms with Crippen molar-refractivity contribution in [3.8, 4) is 0 Å². The second-order valence-electron chi connectivity index (χ2n) is 23.3. The van der Waals surface area contributed by atoms with Crippen LogP contribution >= 0.6 is 0 Å². The summed E-state index contributed by atoms with van der Waals surface area (Å²) in [7, 11) is 6.34. The van der Waals surface area contributed by atoms with Crippen molar-refractivity contribution < 1.29 is 85.6 Å².